The minimum atomic E-state index is -0.352. The van der Waals surface area contributed by atoms with Gasteiger partial charge in [0.05, 0.1) is 11.8 Å². The number of hydrogen-bond donors (Lipinski definition) is 3. The SMILES string of the molecule is O=C(NCc1n[nH]c(=O)[nH]1)C1CCCS1. The van der Waals surface area contributed by atoms with Crippen LogP contribution in [0.3, 0.4) is 0 Å². The van der Waals surface area contributed by atoms with E-state index in [1.807, 2.05) is 0 Å². The van der Waals surface area contributed by atoms with Gasteiger partial charge >= 0.3 is 5.69 Å². The van der Waals surface area contributed by atoms with Crippen LogP contribution in [0.25, 0.3) is 0 Å². The number of aromatic nitrogens is 3. The van der Waals surface area contributed by atoms with Gasteiger partial charge in [-0.05, 0) is 18.6 Å². The van der Waals surface area contributed by atoms with Crippen LogP contribution in [-0.2, 0) is 11.3 Å². The smallest absolute Gasteiger partial charge is 0.340 e. The van der Waals surface area contributed by atoms with Gasteiger partial charge in [0.15, 0.2) is 0 Å². The third-order valence-electron chi connectivity index (χ3n) is 2.20. The normalized spacial score (nSPS) is 20.4. The molecular weight excluding hydrogens is 216 g/mol. The minimum Gasteiger partial charge on any atom is -0.348 e. The number of thioether (sulfide) groups is 1. The van der Waals surface area contributed by atoms with Gasteiger partial charge in [-0.3, -0.25) is 9.78 Å². The Kier molecular flexibility index (Phi) is 3.10. The molecule has 0 aliphatic carbocycles. The third kappa shape index (κ3) is 2.62. The molecule has 6 nitrogen and oxygen atoms in total. The van der Waals surface area contributed by atoms with E-state index in [1.165, 1.54) is 0 Å². The summed E-state index contributed by atoms with van der Waals surface area (Å²) < 4.78 is 0. The van der Waals surface area contributed by atoms with Crippen LogP contribution in [0.1, 0.15) is 18.7 Å². The Bertz CT molecular complexity index is 393. The lowest BCUT2D eigenvalue weighted by molar-refractivity contribution is -0.120. The summed E-state index contributed by atoms with van der Waals surface area (Å²) in [5, 5.41) is 8.75. The third-order valence-corrected chi connectivity index (χ3v) is 3.58. The Labute approximate surface area is 90.2 Å². The molecule has 0 radical (unpaired) electrons. The van der Waals surface area contributed by atoms with E-state index in [4.69, 9.17) is 0 Å². The van der Waals surface area contributed by atoms with Gasteiger partial charge in [-0.2, -0.15) is 5.10 Å². The first kappa shape index (κ1) is 10.3. The largest absolute Gasteiger partial charge is 0.348 e. The van der Waals surface area contributed by atoms with Gasteiger partial charge in [-0.15, -0.1) is 11.8 Å². The van der Waals surface area contributed by atoms with E-state index in [9.17, 15) is 9.59 Å². The van der Waals surface area contributed by atoms with Gasteiger partial charge in [0.2, 0.25) is 5.91 Å². The molecule has 1 amide bonds. The van der Waals surface area contributed by atoms with Crippen molar-refractivity contribution in [3.8, 4) is 0 Å². The highest BCUT2D eigenvalue weighted by atomic mass is 32.2. The van der Waals surface area contributed by atoms with Crippen molar-refractivity contribution in [2.75, 3.05) is 5.75 Å². The minimum absolute atomic E-state index is 0.0290. The zero-order valence-corrected chi connectivity index (χ0v) is 8.89. The molecule has 0 saturated carbocycles. The summed E-state index contributed by atoms with van der Waals surface area (Å²) >= 11 is 1.68. The highest BCUT2D eigenvalue weighted by molar-refractivity contribution is 8.00. The van der Waals surface area contributed by atoms with Crippen LogP contribution in [0.2, 0.25) is 0 Å². The molecule has 3 N–H and O–H groups in total. The molecule has 82 valence electrons. The van der Waals surface area contributed by atoms with Gasteiger partial charge in [0.1, 0.15) is 5.82 Å². The summed E-state index contributed by atoms with van der Waals surface area (Å²) in [6, 6.07) is 0. The van der Waals surface area contributed by atoms with Crippen LogP contribution < -0.4 is 11.0 Å². The second kappa shape index (κ2) is 4.52. The molecule has 1 fully saturated rings. The number of H-pyrrole nitrogens is 2. The van der Waals surface area contributed by atoms with E-state index in [-0.39, 0.29) is 23.4 Å². The highest BCUT2D eigenvalue weighted by Gasteiger charge is 2.22. The lowest BCUT2D eigenvalue weighted by atomic mass is 10.2. The summed E-state index contributed by atoms with van der Waals surface area (Å²) in [5.74, 6) is 1.54. The molecule has 1 aliphatic rings. The Morgan fingerprint density at radius 2 is 2.53 bits per heavy atom. The molecule has 1 atom stereocenters. The van der Waals surface area contributed by atoms with Crippen molar-refractivity contribution in [3.63, 3.8) is 0 Å². The van der Waals surface area contributed by atoms with Crippen LogP contribution in [0.5, 0.6) is 0 Å². The topological polar surface area (TPSA) is 90.6 Å². The predicted molar refractivity (Wildman–Crippen MR) is 56.5 cm³/mol. The molecular formula is C8H12N4O2S. The number of rotatable bonds is 3. The Hall–Kier alpha value is -1.24. The Morgan fingerprint density at radius 3 is 3.13 bits per heavy atom. The van der Waals surface area contributed by atoms with Gasteiger partial charge in [-0.25, -0.2) is 9.89 Å². The maximum atomic E-state index is 11.6. The first-order chi connectivity index (χ1) is 7.25. The monoisotopic (exact) mass is 228 g/mol. The van der Waals surface area contributed by atoms with Crippen molar-refractivity contribution in [1.82, 2.24) is 20.5 Å². The molecule has 1 aliphatic heterocycles. The molecule has 1 unspecified atom stereocenters. The first-order valence-electron chi connectivity index (χ1n) is 4.78. The van der Waals surface area contributed by atoms with Crippen molar-refractivity contribution < 1.29 is 4.79 Å². The van der Waals surface area contributed by atoms with Crippen molar-refractivity contribution in [1.29, 1.82) is 0 Å². The number of nitrogens with zero attached hydrogens (tertiary/aromatic N) is 1. The molecule has 2 rings (SSSR count). The maximum Gasteiger partial charge on any atom is 0.340 e. The second-order valence-corrected chi connectivity index (χ2v) is 4.65. The van der Waals surface area contributed by atoms with Crippen LogP contribution in [-0.4, -0.2) is 32.1 Å². The fraction of sp³-hybridized carbons (Fsp3) is 0.625. The molecule has 0 aromatic carbocycles. The average Bonchev–Trinajstić information content (AvgIpc) is 2.84. The van der Waals surface area contributed by atoms with Crippen LogP contribution in [0.15, 0.2) is 4.79 Å². The summed E-state index contributed by atoms with van der Waals surface area (Å²) in [4.78, 5) is 24.7. The molecule has 1 saturated heterocycles. The molecule has 1 aromatic rings. The predicted octanol–water partition coefficient (Wildman–Crippen LogP) is -0.390. The van der Waals surface area contributed by atoms with Gasteiger partial charge in [0.25, 0.3) is 0 Å². The summed E-state index contributed by atoms with van der Waals surface area (Å²) in [6.07, 6.45) is 2.04. The van der Waals surface area contributed by atoms with E-state index in [1.54, 1.807) is 11.8 Å². The van der Waals surface area contributed by atoms with Gasteiger partial charge in [0, 0.05) is 0 Å². The van der Waals surface area contributed by atoms with E-state index in [0.717, 1.165) is 18.6 Å². The van der Waals surface area contributed by atoms with Crippen LogP contribution in [0.4, 0.5) is 0 Å². The molecule has 15 heavy (non-hydrogen) atoms. The fourth-order valence-electron chi connectivity index (χ4n) is 1.46. The number of nitrogens with one attached hydrogen (secondary N) is 3. The number of hydrogen-bond acceptors (Lipinski definition) is 4. The number of carbonyl (C=O) groups is 1. The summed E-state index contributed by atoms with van der Waals surface area (Å²) in [6.45, 7) is 0.272. The zero-order chi connectivity index (χ0) is 10.7. The lowest BCUT2D eigenvalue weighted by Crippen LogP contribution is -2.31. The van der Waals surface area contributed by atoms with E-state index in [2.05, 4.69) is 20.5 Å². The number of aromatic amines is 2. The molecule has 1 aromatic heterocycles. The molecule has 2 heterocycles. The average molecular weight is 228 g/mol. The fourth-order valence-corrected chi connectivity index (χ4v) is 2.64. The first-order valence-corrected chi connectivity index (χ1v) is 5.83. The zero-order valence-electron chi connectivity index (χ0n) is 8.08. The number of amides is 1. The van der Waals surface area contributed by atoms with E-state index in [0.29, 0.717) is 5.82 Å². The van der Waals surface area contributed by atoms with Crippen LogP contribution in [0, 0.1) is 0 Å². The van der Waals surface area contributed by atoms with Crippen molar-refractivity contribution >= 4 is 17.7 Å². The maximum absolute atomic E-state index is 11.6. The van der Waals surface area contributed by atoms with Gasteiger partial charge < -0.3 is 5.32 Å². The summed E-state index contributed by atoms with van der Waals surface area (Å²) in [7, 11) is 0. The molecule has 0 bridgehead atoms. The Balaban J connectivity index is 1.82. The van der Waals surface area contributed by atoms with Gasteiger partial charge in [-0.1, -0.05) is 0 Å². The molecule has 0 spiro atoms. The standard InChI is InChI=1S/C8H12N4O2S/c13-7(5-2-1-3-15-5)9-4-6-10-8(14)12-11-6/h5H,1-4H2,(H,9,13)(H2,10,11,12,14). The highest BCUT2D eigenvalue weighted by Crippen LogP contribution is 2.25. The lowest BCUT2D eigenvalue weighted by Gasteiger charge is -2.07. The van der Waals surface area contributed by atoms with Crippen molar-refractivity contribution in [2.45, 2.75) is 24.6 Å². The molecule has 7 heteroatoms. The second-order valence-electron chi connectivity index (χ2n) is 3.34. The Morgan fingerprint density at radius 1 is 1.67 bits per heavy atom. The summed E-state index contributed by atoms with van der Waals surface area (Å²) in [5.41, 5.74) is -0.352. The quantitative estimate of drug-likeness (QED) is 0.657. The number of carbonyl (C=O) groups excluding carboxylic acids is 1. The van der Waals surface area contributed by atoms with Crippen molar-refractivity contribution in [3.05, 3.63) is 16.3 Å². The van der Waals surface area contributed by atoms with E-state index < -0.39 is 0 Å². The van der Waals surface area contributed by atoms with Crippen LogP contribution >= 0.6 is 11.8 Å². The van der Waals surface area contributed by atoms with Crippen molar-refractivity contribution in [2.24, 2.45) is 0 Å². The van der Waals surface area contributed by atoms with E-state index >= 15 is 0 Å².